The standard InChI is InChI=1S/C14H20N2OS/c1-3-11-9-17-8-7-16(11)13-10(2)5-4-6-12(13)14(15)18/h4-6,11H,3,7-9H2,1-2H3,(H2,15,18). The highest BCUT2D eigenvalue weighted by Gasteiger charge is 2.25. The highest BCUT2D eigenvalue weighted by atomic mass is 32.1. The molecular formula is C14H20N2OS. The quantitative estimate of drug-likeness (QED) is 0.850. The number of morpholine rings is 1. The molecule has 1 unspecified atom stereocenters. The van der Waals surface area contributed by atoms with Crippen molar-refractivity contribution in [2.24, 2.45) is 5.73 Å². The van der Waals surface area contributed by atoms with Crippen molar-refractivity contribution < 1.29 is 4.74 Å². The van der Waals surface area contributed by atoms with Gasteiger partial charge in [0.2, 0.25) is 0 Å². The predicted octanol–water partition coefficient (Wildman–Crippen LogP) is 2.24. The van der Waals surface area contributed by atoms with E-state index in [1.165, 1.54) is 11.3 Å². The monoisotopic (exact) mass is 264 g/mol. The van der Waals surface area contributed by atoms with Gasteiger partial charge in [-0.2, -0.15) is 0 Å². The van der Waals surface area contributed by atoms with E-state index in [0.29, 0.717) is 11.0 Å². The summed E-state index contributed by atoms with van der Waals surface area (Å²) in [5.74, 6) is 0. The van der Waals surface area contributed by atoms with E-state index < -0.39 is 0 Å². The number of hydrogen-bond acceptors (Lipinski definition) is 3. The average molecular weight is 264 g/mol. The Labute approximate surface area is 114 Å². The molecule has 1 saturated heterocycles. The van der Waals surface area contributed by atoms with Crippen LogP contribution in [0.15, 0.2) is 18.2 Å². The molecule has 1 aliphatic rings. The Balaban J connectivity index is 2.44. The Kier molecular flexibility index (Phi) is 4.19. The van der Waals surface area contributed by atoms with Gasteiger partial charge in [-0.25, -0.2) is 0 Å². The molecule has 98 valence electrons. The van der Waals surface area contributed by atoms with E-state index in [2.05, 4.69) is 24.8 Å². The lowest BCUT2D eigenvalue weighted by Crippen LogP contribution is -2.46. The van der Waals surface area contributed by atoms with Crippen molar-refractivity contribution >= 4 is 22.9 Å². The number of rotatable bonds is 3. The number of ether oxygens (including phenoxy) is 1. The molecular weight excluding hydrogens is 244 g/mol. The maximum Gasteiger partial charge on any atom is 0.106 e. The molecule has 1 aromatic rings. The fourth-order valence-corrected chi connectivity index (χ4v) is 2.69. The van der Waals surface area contributed by atoms with Crippen LogP contribution in [-0.4, -0.2) is 30.8 Å². The number of hydrogen-bond donors (Lipinski definition) is 1. The third kappa shape index (κ3) is 2.49. The van der Waals surface area contributed by atoms with E-state index in [1.807, 2.05) is 12.1 Å². The first-order valence-electron chi connectivity index (χ1n) is 6.39. The summed E-state index contributed by atoms with van der Waals surface area (Å²) in [6.45, 7) is 6.74. The molecule has 0 bridgehead atoms. The maximum absolute atomic E-state index is 5.85. The zero-order valence-corrected chi connectivity index (χ0v) is 11.8. The van der Waals surface area contributed by atoms with Crippen LogP contribution >= 0.6 is 12.2 Å². The number of anilines is 1. The van der Waals surface area contributed by atoms with Crippen molar-refractivity contribution in [1.82, 2.24) is 0 Å². The van der Waals surface area contributed by atoms with Gasteiger partial charge in [-0.05, 0) is 25.0 Å². The summed E-state index contributed by atoms with van der Waals surface area (Å²) in [5, 5.41) is 0. The average Bonchev–Trinajstić information content (AvgIpc) is 2.38. The topological polar surface area (TPSA) is 38.5 Å². The first kappa shape index (κ1) is 13.3. The maximum atomic E-state index is 5.85. The summed E-state index contributed by atoms with van der Waals surface area (Å²) >= 11 is 5.17. The van der Waals surface area contributed by atoms with Gasteiger partial charge in [0, 0.05) is 12.1 Å². The molecule has 0 aliphatic carbocycles. The fourth-order valence-electron chi connectivity index (χ4n) is 2.53. The Morgan fingerprint density at radius 2 is 2.33 bits per heavy atom. The van der Waals surface area contributed by atoms with Crippen LogP contribution < -0.4 is 10.6 Å². The molecule has 0 radical (unpaired) electrons. The zero-order chi connectivity index (χ0) is 13.1. The summed E-state index contributed by atoms with van der Waals surface area (Å²) < 4.78 is 5.56. The molecule has 1 atom stereocenters. The Hall–Kier alpha value is -1.13. The van der Waals surface area contributed by atoms with Gasteiger partial charge >= 0.3 is 0 Å². The molecule has 0 spiro atoms. The summed E-state index contributed by atoms with van der Waals surface area (Å²) in [4.78, 5) is 2.86. The molecule has 1 aromatic carbocycles. The number of para-hydroxylation sites is 1. The summed E-state index contributed by atoms with van der Waals surface area (Å²) in [7, 11) is 0. The molecule has 3 nitrogen and oxygen atoms in total. The van der Waals surface area contributed by atoms with Gasteiger partial charge in [-0.1, -0.05) is 31.3 Å². The normalized spacial score (nSPS) is 19.9. The number of nitrogens with two attached hydrogens (primary N) is 1. The van der Waals surface area contributed by atoms with Gasteiger partial charge in [0.05, 0.1) is 24.9 Å². The Morgan fingerprint density at radius 1 is 1.56 bits per heavy atom. The van der Waals surface area contributed by atoms with E-state index in [9.17, 15) is 0 Å². The molecule has 4 heteroatoms. The van der Waals surface area contributed by atoms with Crippen molar-refractivity contribution in [2.45, 2.75) is 26.3 Å². The third-order valence-corrected chi connectivity index (χ3v) is 3.71. The smallest absolute Gasteiger partial charge is 0.106 e. The lowest BCUT2D eigenvalue weighted by Gasteiger charge is -2.38. The van der Waals surface area contributed by atoms with Crippen LogP contribution in [0.1, 0.15) is 24.5 Å². The lowest BCUT2D eigenvalue weighted by molar-refractivity contribution is 0.0929. The van der Waals surface area contributed by atoms with E-state index in [1.54, 1.807) is 0 Å². The molecule has 18 heavy (non-hydrogen) atoms. The Morgan fingerprint density at radius 3 is 3.00 bits per heavy atom. The highest BCUT2D eigenvalue weighted by Crippen LogP contribution is 2.29. The van der Waals surface area contributed by atoms with Crippen LogP contribution in [0.2, 0.25) is 0 Å². The molecule has 0 aromatic heterocycles. The second-order valence-corrected chi connectivity index (χ2v) is 5.11. The largest absolute Gasteiger partial charge is 0.389 e. The third-order valence-electron chi connectivity index (χ3n) is 3.49. The van der Waals surface area contributed by atoms with Crippen LogP contribution in [0.3, 0.4) is 0 Å². The highest BCUT2D eigenvalue weighted by molar-refractivity contribution is 7.80. The van der Waals surface area contributed by atoms with E-state index >= 15 is 0 Å². The summed E-state index contributed by atoms with van der Waals surface area (Å²) in [5.41, 5.74) is 9.23. The van der Waals surface area contributed by atoms with Gasteiger partial charge in [0.15, 0.2) is 0 Å². The lowest BCUT2D eigenvalue weighted by atomic mass is 10.0. The minimum absolute atomic E-state index is 0.410. The number of aryl methyl sites for hydroxylation is 1. The van der Waals surface area contributed by atoms with Crippen molar-refractivity contribution in [1.29, 1.82) is 0 Å². The van der Waals surface area contributed by atoms with Crippen molar-refractivity contribution in [2.75, 3.05) is 24.7 Å². The van der Waals surface area contributed by atoms with Gasteiger partial charge in [0.1, 0.15) is 4.99 Å². The second-order valence-electron chi connectivity index (χ2n) is 4.67. The second kappa shape index (κ2) is 5.67. The van der Waals surface area contributed by atoms with Crippen molar-refractivity contribution in [3.63, 3.8) is 0 Å². The molecule has 1 heterocycles. The van der Waals surface area contributed by atoms with E-state index in [-0.39, 0.29) is 0 Å². The first-order chi connectivity index (χ1) is 8.65. The summed E-state index contributed by atoms with van der Waals surface area (Å²) in [6, 6.07) is 6.54. The van der Waals surface area contributed by atoms with Gasteiger partial charge in [0.25, 0.3) is 0 Å². The molecule has 1 fully saturated rings. The van der Waals surface area contributed by atoms with Crippen LogP contribution in [0.5, 0.6) is 0 Å². The van der Waals surface area contributed by atoms with Crippen LogP contribution in [0, 0.1) is 6.92 Å². The molecule has 2 rings (SSSR count). The number of thiocarbonyl (C=S) groups is 1. The van der Waals surface area contributed by atoms with E-state index in [4.69, 9.17) is 22.7 Å². The van der Waals surface area contributed by atoms with E-state index in [0.717, 1.165) is 31.7 Å². The summed E-state index contributed by atoms with van der Waals surface area (Å²) in [6.07, 6.45) is 1.06. The predicted molar refractivity (Wildman–Crippen MR) is 79.3 cm³/mol. The van der Waals surface area contributed by atoms with Crippen LogP contribution in [-0.2, 0) is 4.74 Å². The molecule has 1 aliphatic heterocycles. The van der Waals surface area contributed by atoms with Crippen LogP contribution in [0.4, 0.5) is 5.69 Å². The minimum atomic E-state index is 0.410. The first-order valence-corrected chi connectivity index (χ1v) is 6.79. The molecule has 2 N–H and O–H groups in total. The minimum Gasteiger partial charge on any atom is -0.389 e. The van der Waals surface area contributed by atoms with Gasteiger partial charge < -0.3 is 15.4 Å². The molecule has 0 saturated carbocycles. The SMILES string of the molecule is CCC1COCCN1c1c(C)cccc1C(N)=S. The van der Waals surface area contributed by atoms with Gasteiger partial charge in [-0.3, -0.25) is 0 Å². The Bertz CT molecular complexity index is 447. The molecule has 0 amide bonds. The van der Waals surface area contributed by atoms with Crippen LogP contribution in [0.25, 0.3) is 0 Å². The van der Waals surface area contributed by atoms with Gasteiger partial charge in [-0.15, -0.1) is 0 Å². The van der Waals surface area contributed by atoms with Crippen molar-refractivity contribution in [3.8, 4) is 0 Å². The zero-order valence-electron chi connectivity index (χ0n) is 11.0. The number of nitrogens with zero attached hydrogens (tertiary/aromatic N) is 1. The fraction of sp³-hybridized carbons (Fsp3) is 0.500. The van der Waals surface area contributed by atoms with Crippen molar-refractivity contribution in [3.05, 3.63) is 29.3 Å². The number of benzene rings is 1.